The van der Waals surface area contributed by atoms with E-state index in [1.807, 2.05) is 38.9 Å². The first kappa shape index (κ1) is 20.4. The Bertz CT molecular complexity index is 1080. The Hall–Kier alpha value is -3.35. The minimum atomic E-state index is -1.12. The number of nitrogens with zero attached hydrogens (tertiary/aromatic N) is 3. The highest BCUT2D eigenvalue weighted by Gasteiger charge is 2.29. The number of aromatic carboxylic acids is 1. The number of benzene rings is 1. The van der Waals surface area contributed by atoms with E-state index in [2.05, 4.69) is 9.97 Å². The van der Waals surface area contributed by atoms with Gasteiger partial charge < -0.3 is 10.0 Å². The molecule has 0 radical (unpaired) electrons. The lowest BCUT2D eigenvalue weighted by Gasteiger charge is -2.26. The molecule has 1 N–H and O–H groups in total. The van der Waals surface area contributed by atoms with Crippen molar-refractivity contribution >= 4 is 11.7 Å². The van der Waals surface area contributed by atoms with E-state index < -0.39 is 23.0 Å². The van der Waals surface area contributed by atoms with Crippen molar-refractivity contribution in [3.8, 4) is 11.3 Å². The zero-order chi connectivity index (χ0) is 21.3. The minimum Gasteiger partial charge on any atom is -0.477 e. The number of hydrogen-bond donors (Lipinski definition) is 1. The number of hydrogen-bond acceptors (Lipinski definition) is 4. The highest BCUT2D eigenvalue weighted by Crippen LogP contribution is 2.34. The van der Waals surface area contributed by atoms with Crippen molar-refractivity contribution in [2.24, 2.45) is 0 Å². The van der Waals surface area contributed by atoms with Crippen molar-refractivity contribution < 1.29 is 18.7 Å². The third-order valence-electron chi connectivity index (χ3n) is 4.78. The van der Waals surface area contributed by atoms with Crippen LogP contribution in [-0.2, 0) is 5.41 Å². The Balaban J connectivity index is 2.19. The van der Waals surface area contributed by atoms with Gasteiger partial charge in [-0.15, -0.1) is 0 Å². The Morgan fingerprint density at radius 3 is 2.34 bits per heavy atom. The molecule has 1 aromatic carbocycles. The maximum absolute atomic E-state index is 14.4. The van der Waals surface area contributed by atoms with Gasteiger partial charge in [-0.25, -0.2) is 18.6 Å². The van der Waals surface area contributed by atoms with Gasteiger partial charge in [-0.1, -0.05) is 6.07 Å². The Labute approximate surface area is 167 Å². The summed E-state index contributed by atoms with van der Waals surface area (Å²) in [6.45, 7) is 3.74. The van der Waals surface area contributed by atoms with E-state index in [1.165, 1.54) is 18.2 Å². The molecule has 0 atom stereocenters. The lowest BCUT2D eigenvalue weighted by molar-refractivity contribution is 0.0690. The molecule has 2 aromatic heterocycles. The van der Waals surface area contributed by atoms with Crippen LogP contribution in [0, 0.1) is 11.6 Å². The van der Waals surface area contributed by atoms with E-state index in [0.717, 1.165) is 11.8 Å². The molecule has 2 heterocycles. The number of carbonyl (C=O) groups is 1. The van der Waals surface area contributed by atoms with E-state index in [-0.39, 0.29) is 11.3 Å². The van der Waals surface area contributed by atoms with Crippen LogP contribution in [0.2, 0.25) is 0 Å². The molecular formula is C22H21F2N3O2. The van der Waals surface area contributed by atoms with Crippen molar-refractivity contribution in [2.45, 2.75) is 19.3 Å². The van der Waals surface area contributed by atoms with Crippen molar-refractivity contribution in [1.82, 2.24) is 9.97 Å². The molecule has 5 nitrogen and oxygen atoms in total. The standard InChI is InChI=1S/C22H21F2N3O2/c1-22(2,19-7-5-6-17(25-19)21(28)29)20-12-14(27(3)4)11-18(26-20)15-9-8-13(23)10-16(15)24/h5-12H,1-4H3,(H,28,29). The molecule has 0 amide bonds. The molecule has 0 saturated heterocycles. The summed E-state index contributed by atoms with van der Waals surface area (Å²) in [5, 5.41) is 9.25. The van der Waals surface area contributed by atoms with Gasteiger partial charge in [0.2, 0.25) is 0 Å². The van der Waals surface area contributed by atoms with Crippen LogP contribution in [0.15, 0.2) is 48.5 Å². The number of carboxylic acid groups (broad SMARTS) is 1. The molecule has 0 saturated carbocycles. The SMILES string of the molecule is CN(C)c1cc(-c2ccc(F)cc2F)nc(C(C)(C)c2cccc(C(=O)O)n2)c1. The molecule has 0 aliphatic rings. The molecule has 29 heavy (non-hydrogen) atoms. The average Bonchev–Trinajstić information content (AvgIpc) is 2.67. The van der Waals surface area contributed by atoms with Crippen LogP contribution in [0.3, 0.4) is 0 Å². The van der Waals surface area contributed by atoms with Crippen LogP contribution in [0.25, 0.3) is 11.3 Å². The minimum absolute atomic E-state index is 0.0656. The normalized spacial score (nSPS) is 11.4. The van der Waals surface area contributed by atoms with Crippen LogP contribution in [0.5, 0.6) is 0 Å². The predicted octanol–water partition coefficient (Wildman–Crippen LogP) is 4.51. The molecule has 3 rings (SSSR count). The van der Waals surface area contributed by atoms with Crippen molar-refractivity contribution in [2.75, 3.05) is 19.0 Å². The van der Waals surface area contributed by atoms with Crippen LogP contribution in [0.4, 0.5) is 14.5 Å². The summed E-state index contributed by atoms with van der Waals surface area (Å²) in [5.41, 5.74) is 1.58. The van der Waals surface area contributed by atoms with E-state index in [9.17, 15) is 18.7 Å². The molecule has 150 valence electrons. The summed E-state index contributed by atoms with van der Waals surface area (Å²) in [6.07, 6.45) is 0. The number of halogens is 2. The molecule has 0 aliphatic carbocycles. The molecule has 0 unspecified atom stereocenters. The Kier molecular flexibility index (Phi) is 5.33. The fourth-order valence-electron chi connectivity index (χ4n) is 2.96. The topological polar surface area (TPSA) is 66.3 Å². The van der Waals surface area contributed by atoms with Crippen molar-refractivity contribution in [1.29, 1.82) is 0 Å². The van der Waals surface area contributed by atoms with Crippen LogP contribution >= 0.6 is 0 Å². The third kappa shape index (κ3) is 4.08. The number of pyridine rings is 2. The van der Waals surface area contributed by atoms with Gasteiger partial charge in [0.05, 0.1) is 17.1 Å². The zero-order valence-corrected chi connectivity index (χ0v) is 16.6. The van der Waals surface area contributed by atoms with Gasteiger partial charge in [-0.05, 0) is 50.2 Å². The fraction of sp³-hybridized carbons (Fsp3) is 0.227. The highest BCUT2D eigenvalue weighted by molar-refractivity contribution is 5.85. The highest BCUT2D eigenvalue weighted by atomic mass is 19.1. The second-order valence-electron chi connectivity index (χ2n) is 7.45. The summed E-state index contributed by atoms with van der Waals surface area (Å²) in [5.74, 6) is -2.49. The first-order valence-corrected chi connectivity index (χ1v) is 8.95. The quantitative estimate of drug-likeness (QED) is 0.686. The number of carboxylic acids is 1. The fourth-order valence-corrected chi connectivity index (χ4v) is 2.96. The largest absolute Gasteiger partial charge is 0.477 e. The molecule has 0 fully saturated rings. The molecule has 0 bridgehead atoms. The smallest absolute Gasteiger partial charge is 0.354 e. The maximum atomic E-state index is 14.4. The van der Waals surface area contributed by atoms with Gasteiger partial charge in [0.15, 0.2) is 0 Å². The lowest BCUT2D eigenvalue weighted by Crippen LogP contribution is -2.24. The summed E-state index contributed by atoms with van der Waals surface area (Å²) in [4.78, 5) is 22.0. The van der Waals surface area contributed by atoms with E-state index in [0.29, 0.717) is 17.1 Å². The monoisotopic (exact) mass is 397 g/mol. The summed E-state index contributed by atoms with van der Waals surface area (Å²) < 4.78 is 27.7. The summed E-state index contributed by atoms with van der Waals surface area (Å²) in [7, 11) is 3.69. The first-order valence-electron chi connectivity index (χ1n) is 8.95. The Morgan fingerprint density at radius 1 is 1.00 bits per heavy atom. The van der Waals surface area contributed by atoms with Gasteiger partial charge >= 0.3 is 5.97 Å². The summed E-state index contributed by atoms with van der Waals surface area (Å²) in [6, 6.07) is 11.7. The molecular weight excluding hydrogens is 376 g/mol. The van der Waals surface area contributed by atoms with Crippen LogP contribution < -0.4 is 4.90 Å². The van der Waals surface area contributed by atoms with E-state index >= 15 is 0 Å². The lowest BCUT2D eigenvalue weighted by atomic mass is 9.84. The van der Waals surface area contributed by atoms with Crippen LogP contribution in [-0.4, -0.2) is 35.1 Å². The first-order chi connectivity index (χ1) is 13.6. The molecule has 0 aliphatic heterocycles. The van der Waals surface area contributed by atoms with Gasteiger partial charge in [0.1, 0.15) is 17.3 Å². The molecule has 3 aromatic rings. The van der Waals surface area contributed by atoms with E-state index in [1.54, 1.807) is 18.2 Å². The number of anilines is 1. The Morgan fingerprint density at radius 2 is 1.72 bits per heavy atom. The molecule has 0 spiro atoms. The zero-order valence-electron chi connectivity index (χ0n) is 16.6. The van der Waals surface area contributed by atoms with Crippen molar-refractivity contribution in [3.05, 3.63) is 77.2 Å². The predicted molar refractivity (Wildman–Crippen MR) is 107 cm³/mol. The third-order valence-corrected chi connectivity index (χ3v) is 4.78. The molecule has 7 heteroatoms. The van der Waals surface area contributed by atoms with E-state index in [4.69, 9.17) is 0 Å². The average molecular weight is 397 g/mol. The summed E-state index contributed by atoms with van der Waals surface area (Å²) >= 11 is 0. The van der Waals surface area contributed by atoms with Crippen LogP contribution in [0.1, 0.15) is 35.7 Å². The van der Waals surface area contributed by atoms with Gasteiger partial charge in [-0.3, -0.25) is 4.98 Å². The second kappa shape index (κ2) is 7.58. The number of aromatic nitrogens is 2. The van der Waals surface area contributed by atoms with Gasteiger partial charge in [-0.2, -0.15) is 0 Å². The number of rotatable bonds is 5. The second-order valence-corrected chi connectivity index (χ2v) is 7.45. The maximum Gasteiger partial charge on any atom is 0.354 e. The van der Waals surface area contributed by atoms with Gasteiger partial charge in [0.25, 0.3) is 0 Å². The van der Waals surface area contributed by atoms with Gasteiger partial charge in [0, 0.05) is 36.8 Å². The van der Waals surface area contributed by atoms with Crippen molar-refractivity contribution in [3.63, 3.8) is 0 Å².